The minimum Gasteiger partial charge on any atom is -0.278 e. The molecule has 6 heteroatoms. The van der Waals surface area contributed by atoms with Crippen LogP contribution in [0.5, 0.6) is 0 Å². The van der Waals surface area contributed by atoms with Gasteiger partial charge < -0.3 is 0 Å². The van der Waals surface area contributed by atoms with Gasteiger partial charge in [0.25, 0.3) is 0 Å². The lowest BCUT2D eigenvalue weighted by Crippen LogP contribution is -1.72. The van der Waals surface area contributed by atoms with Gasteiger partial charge in [0.15, 0.2) is 0 Å². The Kier molecular flexibility index (Phi) is 3.67. The molecular formula is C15H10BrN5. The predicted octanol–water partition coefficient (Wildman–Crippen LogP) is 3.76. The van der Waals surface area contributed by atoms with Crippen LogP contribution >= 0.6 is 15.9 Å². The van der Waals surface area contributed by atoms with Crippen molar-refractivity contribution in [3.05, 3.63) is 58.8 Å². The lowest BCUT2D eigenvalue weighted by Gasteiger charge is -1.88. The van der Waals surface area contributed by atoms with Crippen molar-refractivity contribution >= 4 is 37.7 Å². The molecule has 0 aliphatic rings. The van der Waals surface area contributed by atoms with E-state index in [2.05, 4.69) is 42.4 Å². The van der Waals surface area contributed by atoms with Gasteiger partial charge in [0, 0.05) is 10.8 Å². The van der Waals surface area contributed by atoms with Gasteiger partial charge in [0.05, 0.1) is 28.9 Å². The summed E-state index contributed by atoms with van der Waals surface area (Å²) in [5, 5.41) is 24.3. The van der Waals surface area contributed by atoms with Crippen LogP contribution in [0.3, 0.4) is 0 Å². The van der Waals surface area contributed by atoms with Crippen molar-refractivity contribution in [2.75, 3.05) is 0 Å². The lowest BCUT2D eigenvalue weighted by molar-refractivity contribution is 1.10. The number of aromatic amines is 2. The Morgan fingerprint density at radius 3 is 2.71 bits per heavy atom. The highest BCUT2D eigenvalue weighted by Gasteiger charge is 2.02. The summed E-state index contributed by atoms with van der Waals surface area (Å²) in [6, 6.07) is 15.5. The van der Waals surface area contributed by atoms with E-state index in [1.54, 1.807) is 12.1 Å². The first kappa shape index (κ1) is 13.3. The van der Waals surface area contributed by atoms with E-state index >= 15 is 0 Å². The molecule has 2 aromatic heterocycles. The highest BCUT2D eigenvalue weighted by molar-refractivity contribution is 9.10. The number of hydrogen-bond donors (Lipinski definition) is 2. The molecule has 2 N–H and O–H groups in total. The van der Waals surface area contributed by atoms with Crippen molar-refractivity contribution in [1.29, 1.82) is 5.26 Å². The van der Waals surface area contributed by atoms with Crippen molar-refractivity contribution in [3.8, 4) is 6.07 Å². The Hall–Kier alpha value is -2.65. The molecule has 0 atom stereocenters. The Bertz CT molecular complexity index is 902. The average molecular weight is 340 g/mol. The molecule has 2 heterocycles. The molecule has 4 rings (SSSR count). The maximum absolute atomic E-state index is 8.63. The topological polar surface area (TPSA) is 81.1 Å². The van der Waals surface area contributed by atoms with E-state index in [0.717, 1.165) is 26.4 Å². The molecule has 0 bridgehead atoms. The zero-order chi connectivity index (χ0) is 14.7. The Morgan fingerprint density at radius 2 is 1.90 bits per heavy atom. The second kappa shape index (κ2) is 5.77. The zero-order valence-electron chi connectivity index (χ0n) is 10.8. The number of fused-ring (bicyclic) bond motifs is 2. The van der Waals surface area contributed by atoms with Crippen molar-refractivity contribution in [3.63, 3.8) is 0 Å². The van der Waals surface area contributed by atoms with E-state index in [-0.39, 0.29) is 0 Å². The summed E-state index contributed by atoms with van der Waals surface area (Å²) in [5.41, 5.74) is 2.67. The molecule has 0 saturated heterocycles. The second-order valence-electron chi connectivity index (χ2n) is 4.34. The lowest BCUT2D eigenvalue weighted by atomic mass is 10.2. The molecule has 0 radical (unpaired) electrons. The fraction of sp³-hybridized carbons (Fsp3) is 0. The molecule has 21 heavy (non-hydrogen) atoms. The Balaban J connectivity index is 0.000000131. The number of H-pyrrole nitrogens is 2. The van der Waals surface area contributed by atoms with E-state index in [0.29, 0.717) is 5.56 Å². The van der Waals surface area contributed by atoms with Gasteiger partial charge in [-0.3, -0.25) is 10.2 Å². The van der Waals surface area contributed by atoms with Crippen LogP contribution in [-0.4, -0.2) is 20.4 Å². The molecule has 0 unspecified atom stereocenters. The molecule has 0 saturated carbocycles. The molecule has 4 aromatic rings. The highest BCUT2D eigenvalue weighted by atomic mass is 79.9. The molecule has 0 aliphatic carbocycles. The third-order valence-electron chi connectivity index (χ3n) is 2.99. The number of hydrogen-bond acceptors (Lipinski definition) is 3. The van der Waals surface area contributed by atoms with E-state index in [1.165, 1.54) is 0 Å². The normalized spacial score (nSPS) is 10.1. The number of nitrogens with one attached hydrogen (secondary N) is 2. The van der Waals surface area contributed by atoms with Crippen molar-refractivity contribution < 1.29 is 0 Å². The highest BCUT2D eigenvalue weighted by Crippen LogP contribution is 2.21. The first-order valence-electron chi connectivity index (χ1n) is 6.20. The minimum atomic E-state index is 0.643. The Morgan fingerprint density at radius 1 is 1.05 bits per heavy atom. The number of benzene rings is 2. The van der Waals surface area contributed by atoms with Gasteiger partial charge >= 0.3 is 0 Å². The van der Waals surface area contributed by atoms with Gasteiger partial charge in [-0.1, -0.05) is 18.2 Å². The SMILES string of the molecule is N#Cc1ccc2[nH]nc(Br)c2c1.c1ccc2[nH]ncc2c1. The quantitative estimate of drug-likeness (QED) is 0.511. The third kappa shape index (κ3) is 2.78. The summed E-state index contributed by atoms with van der Waals surface area (Å²) in [6.45, 7) is 0. The van der Waals surface area contributed by atoms with Gasteiger partial charge in [-0.05, 0) is 40.2 Å². The number of para-hydroxylation sites is 1. The van der Waals surface area contributed by atoms with Crippen molar-refractivity contribution in [2.45, 2.75) is 0 Å². The van der Waals surface area contributed by atoms with Gasteiger partial charge in [0.2, 0.25) is 0 Å². The van der Waals surface area contributed by atoms with Crippen LogP contribution in [0.25, 0.3) is 21.8 Å². The minimum absolute atomic E-state index is 0.643. The van der Waals surface area contributed by atoms with Gasteiger partial charge in [-0.2, -0.15) is 15.5 Å². The summed E-state index contributed by atoms with van der Waals surface area (Å²) in [5.74, 6) is 0. The van der Waals surface area contributed by atoms with Gasteiger partial charge in [-0.25, -0.2) is 0 Å². The van der Waals surface area contributed by atoms with Crippen molar-refractivity contribution in [2.24, 2.45) is 0 Å². The zero-order valence-corrected chi connectivity index (χ0v) is 12.4. The first-order chi connectivity index (χ1) is 10.3. The fourth-order valence-corrected chi connectivity index (χ4v) is 2.35. The summed E-state index contributed by atoms with van der Waals surface area (Å²) in [7, 11) is 0. The van der Waals surface area contributed by atoms with E-state index in [9.17, 15) is 0 Å². The number of rotatable bonds is 0. The fourth-order valence-electron chi connectivity index (χ4n) is 1.93. The molecule has 0 fully saturated rings. The van der Waals surface area contributed by atoms with Crippen LogP contribution < -0.4 is 0 Å². The third-order valence-corrected chi connectivity index (χ3v) is 3.60. The van der Waals surface area contributed by atoms with Crippen LogP contribution in [0.15, 0.2) is 53.3 Å². The van der Waals surface area contributed by atoms with Crippen LogP contribution in [0.1, 0.15) is 5.56 Å². The number of halogens is 1. The van der Waals surface area contributed by atoms with Gasteiger partial charge in [0.1, 0.15) is 4.60 Å². The van der Waals surface area contributed by atoms with Crippen LogP contribution in [0, 0.1) is 11.3 Å². The monoisotopic (exact) mass is 339 g/mol. The van der Waals surface area contributed by atoms with E-state index in [4.69, 9.17) is 5.26 Å². The molecule has 0 amide bonds. The van der Waals surface area contributed by atoms with Crippen LogP contribution in [-0.2, 0) is 0 Å². The summed E-state index contributed by atoms with van der Waals surface area (Å²) in [6.07, 6.45) is 1.81. The molecule has 0 aliphatic heterocycles. The molecule has 5 nitrogen and oxygen atoms in total. The standard InChI is InChI=1S/C8H4BrN3.C7H6N2/c9-8-6-3-5(4-10)1-2-7(6)11-12-8;1-2-4-7-6(3-1)5-8-9-7/h1-3H,(H,11,12);1-5H,(H,8,9). The van der Waals surface area contributed by atoms with Crippen molar-refractivity contribution in [1.82, 2.24) is 20.4 Å². The number of nitriles is 1. The maximum atomic E-state index is 8.63. The van der Waals surface area contributed by atoms with E-state index in [1.807, 2.05) is 36.5 Å². The second-order valence-corrected chi connectivity index (χ2v) is 5.09. The predicted molar refractivity (Wildman–Crippen MR) is 84.6 cm³/mol. The van der Waals surface area contributed by atoms with Crippen LogP contribution in [0.2, 0.25) is 0 Å². The largest absolute Gasteiger partial charge is 0.278 e. The molecule has 2 aromatic carbocycles. The van der Waals surface area contributed by atoms with Gasteiger partial charge in [-0.15, -0.1) is 0 Å². The van der Waals surface area contributed by atoms with Crippen LogP contribution in [0.4, 0.5) is 0 Å². The number of aromatic nitrogens is 4. The summed E-state index contributed by atoms with van der Waals surface area (Å²) in [4.78, 5) is 0. The summed E-state index contributed by atoms with van der Waals surface area (Å²) >= 11 is 3.28. The number of nitrogens with zero attached hydrogens (tertiary/aromatic N) is 3. The van der Waals surface area contributed by atoms with E-state index < -0.39 is 0 Å². The average Bonchev–Trinajstić information content (AvgIpc) is 3.14. The smallest absolute Gasteiger partial charge is 0.135 e. The molecule has 0 spiro atoms. The maximum Gasteiger partial charge on any atom is 0.135 e. The first-order valence-corrected chi connectivity index (χ1v) is 6.99. The summed E-state index contributed by atoms with van der Waals surface area (Å²) < 4.78 is 0.745. The molecule has 102 valence electrons. The molecular weight excluding hydrogens is 330 g/mol. The Labute approximate surface area is 128 Å².